The molecule has 0 saturated carbocycles. The van der Waals surface area contributed by atoms with Crippen LogP contribution in [-0.4, -0.2) is 35.9 Å². The fourth-order valence-corrected chi connectivity index (χ4v) is 5.85. The first-order valence-electron chi connectivity index (χ1n) is 21.9. The van der Waals surface area contributed by atoms with Crippen LogP contribution in [0.5, 0.6) is 0 Å². The Hall–Kier alpha value is -4.17. The fraction of sp³-hybridized carbons (Fsp3) is 0.268. The van der Waals surface area contributed by atoms with Crippen LogP contribution in [0.15, 0.2) is 194 Å². The first kappa shape index (κ1) is 88.5. The predicted octanol–water partition coefficient (Wildman–Crippen LogP) is 16.4. The molecule has 0 amide bonds. The summed E-state index contributed by atoms with van der Waals surface area (Å²) < 4.78 is 11.2. The maximum Gasteiger partial charge on any atom is 1.00 e. The smallest absolute Gasteiger partial charge is 0.550 e. The van der Waals surface area contributed by atoms with E-state index in [1.54, 1.807) is 42.5 Å². The van der Waals surface area contributed by atoms with Crippen molar-refractivity contribution in [3.63, 3.8) is 0 Å². The van der Waals surface area contributed by atoms with Crippen LogP contribution in [0.4, 0.5) is 4.39 Å². The minimum Gasteiger partial charge on any atom is -0.550 e. The third-order valence-electron chi connectivity index (χ3n) is 6.75. The van der Waals surface area contributed by atoms with E-state index in [2.05, 4.69) is 0 Å². The minimum absolute atomic E-state index is 0. The van der Waals surface area contributed by atoms with E-state index >= 15 is 0 Å². The van der Waals surface area contributed by atoms with Crippen molar-refractivity contribution in [2.75, 3.05) is 7.15 Å². The molecule has 5 aromatic rings. The van der Waals surface area contributed by atoms with Gasteiger partial charge in [0.25, 0.3) is 0 Å². The van der Waals surface area contributed by atoms with E-state index in [-0.39, 0.29) is 50.3 Å². The van der Waals surface area contributed by atoms with Crippen molar-refractivity contribution >= 4 is 117 Å². The number of aldehydes is 1. The van der Waals surface area contributed by atoms with Crippen LogP contribution in [0.3, 0.4) is 0 Å². The maximum absolute atomic E-state index is 10.0. The van der Waals surface area contributed by atoms with Crippen molar-refractivity contribution in [3.8, 4) is 0 Å². The molecule has 1 aliphatic rings. The molecule has 0 radical (unpaired) electrons. The summed E-state index contributed by atoms with van der Waals surface area (Å²) in [5.41, 5.74) is 4.23. The van der Waals surface area contributed by atoms with Gasteiger partial charge in [0.1, 0.15) is 12.4 Å². The third kappa shape index (κ3) is 55.4. The number of aliphatic hydroxyl groups is 1. The van der Waals surface area contributed by atoms with Crippen LogP contribution in [0.1, 0.15) is 103 Å². The maximum atomic E-state index is 10.0. The van der Waals surface area contributed by atoms with Gasteiger partial charge in [-0.15, -0.1) is 0 Å². The van der Waals surface area contributed by atoms with E-state index in [1.807, 2.05) is 207 Å². The van der Waals surface area contributed by atoms with Crippen LogP contribution < -0.4 is 34.7 Å². The van der Waals surface area contributed by atoms with E-state index in [9.17, 15) is 14.3 Å². The number of benzene rings is 5. The van der Waals surface area contributed by atoms with Gasteiger partial charge in [0.05, 0.1) is 20.0 Å². The van der Waals surface area contributed by atoms with Crippen molar-refractivity contribution < 1.29 is 55.1 Å². The first-order chi connectivity index (χ1) is 32.8. The fourth-order valence-electron chi connectivity index (χ4n) is 4.34. The summed E-state index contributed by atoms with van der Waals surface area (Å²) in [6.45, 7) is 17.0. The molecule has 0 aromatic heterocycles. The van der Waals surface area contributed by atoms with Crippen molar-refractivity contribution in [2.45, 2.75) is 85.7 Å². The van der Waals surface area contributed by atoms with Gasteiger partial charge in [-0.05, 0) is 23.6 Å². The number of carbonyl (C=O) groups is 2. The largest absolute Gasteiger partial charge is 1.00 e. The zero-order chi connectivity index (χ0) is 54.2. The number of carboxylic acids is 1. The van der Waals surface area contributed by atoms with E-state index in [1.165, 1.54) is 0 Å². The molecule has 6 rings (SSSR count). The summed E-state index contributed by atoms with van der Waals surface area (Å²) in [5.74, 6) is -1.34. The van der Waals surface area contributed by atoms with Gasteiger partial charge >= 0.3 is 29.6 Å². The molecule has 1 unspecified atom stereocenters. The van der Waals surface area contributed by atoms with Gasteiger partial charge in [0.15, 0.2) is 0 Å². The normalized spacial score (nSPS) is 10.7. The zero-order valence-corrected chi connectivity index (χ0v) is 57.1. The molecule has 1 N–H and O–H groups in total. The molecule has 17 heteroatoms. The number of rotatable bonds is 4. The van der Waals surface area contributed by atoms with Crippen molar-refractivity contribution in [2.24, 2.45) is 0 Å². The summed E-state index contributed by atoms with van der Waals surface area (Å²) >= 11 is 51.4. The molecule has 416 valence electrons. The van der Waals surface area contributed by atoms with Gasteiger partial charge in [-0.1, -0.05) is 318 Å². The summed E-state index contributed by atoms with van der Waals surface area (Å²) in [5, 5.41) is 18.4. The van der Waals surface area contributed by atoms with Gasteiger partial charge < -0.3 is 29.9 Å². The van der Waals surface area contributed by atoms with Gasteiger partial charge in [-0.2, -0.15) is 0 Å². The molecular formula is C56H72Cl9FFm2NaO4-. The number of carboxylic acid groups (broad SMARTS) is 1. The number of hydrogen-bond acceptors (Lipinski definition) is 4. The van der Waals surface area contributed by atoms with Crippen LogP contribution >= 0.6 is 104 Å². The minimum atomic E-state index is -1.67. The molecule has 4 nitrogen and oxygen atoms in total. The number of aliphatic hydroxyl groups excluding tert-OH is 1. The van der Waals surface area contributed by atoms with Crippen LogP contribution in [0.2, 0.25) is 0 Å². The van der Waals surface area contributed by atoms with Gasteiger partial charge in [0, 0.05) is 48.3 Å². The second kappa shape index (κ2) is 60.4. The Kier molecular flexibility index (Phi) is 73.2. The Morgan fingerprint density at radius 3 is 1.08 bits per heavy atom. The quantitative estimate of drug-likeness (QED) is 0.0842. The average Bonchev–Trinajstić information content (AvgIpc) is 3.35. The monoisotopic (exact) mass is 1680 g/mol. The number of carbonyl (C=O) groups excluding carboxylic acids is 2. The van der Waals surface area contributed by atoms with E-state index in [4.69, 9.17) is 116 Å². The average molecular weight is 1690 g/mol. The first-order valence-corrected chi connectivity index (χ1v) is 24.6. The Balaban J connectivity index is -0.0000000816. The zero-order valence-electron chi connectivity index (χ0n) is 44.4. The number of allylic oxidation sites excluding steroid dienone is 6. The standard InChI is InChI=1S/C14H11Cl3.C8H7Cl3O.C8H6Cl3.C7H6O.C6H6.C2H4O2.4C2H6.CH3F.2CH3.2Fm.Na/c15-14(16,17)13(11-7-3-1-4-8-11)12-9-5-2-6-10-12;9-8(10,11)7(12)6-4-2-1-3-5-6;9-8(10,11)6-7-4-2-1-3-5-7;8-6-7-4-2-1-3-5-7;1-2-4-6-5-3-1;1-2(3)4;5*1-2;;;;;/h1-10,13H;1-5,7,12H;1-6H;1-6H;1-6H;1H3,(H,3,4);4*1-2H3;1H3;2*1H3;;;/q;;+1;;;;;;;;;2*-1;;;+1/p-1/i;;;;;;;;;;1D;;;;;. The molecule has 0 spiro atoms. The van der Waals surface area contributed by atoms with Crippen LogP contribution in [0, 0.1) is 21.3 Å². The topological polar surface area (TPSA) is 77.4 Å². The van der Waals surface area contributed by atoms with Gasteiger partial charge in [-0.25, -0.2) is 0 Å². The number of alkyl halides is 10. The Morgan fingerprint density at radius 2 is 0.863 bits per heavy atom. The molecule has 73 heavy (non-hydrogen) atoms. The Bertz CT molecular complexity index is 1900. The SMILES string of the molecule is CC.CC.CC.CC.CC(=O)[O-].ClC(Cl)(Cl)C(c1ccccc1)c1ccccc1.ClC(Cl)(Cl)C=C1C=CC=C[CH+]1.O=Cc1ccccc1.OC(c1ccccc1)C(Cl)(Cl)Cl.[2H]CF.[CH3-].[CH3-].[Fm].[Fm].[Na+].c1ccccc1. The molecule has 1 atom stereocenters. The summed E-state index contributed by atoms with van der Waals surface area (Å²) in [6, 6.07) is 49.4. The third-order valence-corrected chi connectivity index (χ3v) is 8.35. The van der Waals surface area contributed by atoms with Crippen LogP contribution in [0.25, 0.3) is 0 Å². The molecular weight excluding hydrogens is 1610 g/mol. The summed E-state index contributed by atoms with van der Waals surface area (Å²) in [6.07, 6.45) is 10.8. The van der Waals surface area contributed by atoms with Crippen LogP contribution in [-0.2, 0) is 4.79 Å². The number of hydrogen-bond donors (Lipinski definition) is 1. The van der Waals surface area contributed by atoms with Crippen molar-refractivity contribution in [3.05, 3.63) is 237 Å². The molecule has 1 aliphatic carbocycles. The van der Waals surface area contributed by atoms with Gasteiger partial charge in [-0.3, -0.25) is 9.18 Å². The molecule has 0 fully saturated rings. The molecule has 0 saturated heterocycles. The summed E-state index contributed by atoms with van der Waals surface area (Å²) in [7, 11) is -1.00. The molecule has 5 aromatic carbocycles. The second-order valence-electron chi connectivity index (χ2n) is 11.4. The Morgan fingerprint density at radius 1 is 0.589 bits per heavy atom. The molecule has 0 aliphatic heterocycles. The van der Waals surface area contributed by atoms with Gasteiger partial charge in [0.2, 0.25) is 11.4 Å². The Labute approximate surface area is 497 Å². The van der Waals surface area contributed by atoms with Crippen molar-refractivity contribution in [1.82, 2.24) is 0 Å². The molecule has 0 bridgehead atoms. The van der Waals surface area contributed by atoms with Crippen molar-refractivity contribution in [1.29, 1.82) is 0 Å². The van der Waals surface area contributed by atoms with E-state index < -0.39 is 30.6 Å². The molecule has 0 heterocycles. The number of aliphatic carboxylic acids is 1. The van der Waals surface area contributed by atoms with E-state index in [0.29, 0.717) is 5.56 Å². The number of halogens is 10. The second-order valence-corrected chi connectivity index (χ2v) is 18.5. The summed E-state index contributed by atoms with van der Waals surface area (Å²) in [4.78, 5) is 18.9. The van der Waals surface area contributed by atoms with E-state index in [0.717, 1.165) is 35.5 Å². The predicted molar refractivity (Wildman–Crippen MR) is 312 cm³/mol.